The minimum Gasteiger partial charge on any atom is -0.481 e. The van der Waals surface area contributed by atoms with Gasteiger partial charge in [-0.15, -0.1) is 0 Å². The van der Waals surface area contributed by atoms with E-state index in [1.54, 1.807) is 18.2 Å². The van der Waals surface area contributed by atoms with Gasteiger partial charge in [-0.3, -0.25) is 9.59 Å². The third kappa shape index (κ3) is 5.13. The molecule has 1 fully saturated rings. The third-order valence-electron chi connectivity index (χ3n) is 3.95. The van der Waals surface area contributed by atoms with Crippen molar-refractivity contribution >= 4 is 40.9 Å². The summed E-state index contributed by atoms with van der Waals surface area (Å²) >= 11 is 6.05. The molecule has 3 amide bonds. The van der Waals surface area contributed by atoms with E-state index in [4.69, 9.17) is 16.7 Å². The molecule has 1 aliphatic carbocycles. The number of urea groups is 1. The molecule has 2 rings (SSSR count). The SMILES string of the molecule is CC(=O)Nc1ccc(Cl)c(NC(=O)NC2CCC(C(=O)O)CC2)c1. The molecule has 7 nitrogen and oxygen atoms in total. The van der Waals surface area contributed by atoms with Crippen LogP contribution in [0.4, 0.5) is 16.2 Å². The van der Waals surface area contributed by atoms with Crippen molar-refractivity contribution in [2.24, 2.45) is 5.92 Å². The molecule has 1 aromatic carbocycles. The number of hydrogen-bond acceptors (Lipinski definition) is 3. The molecule has 4 N–H and O–H groups in total. The number of aliphatic carboxylic acids is 1. The van der Waals surface area contributed by atoms with Crippen LogP contribution in [0.15, 0.2) is 18.2 Å². The smallest absolute Gasteiger partial charge is 0.319 e. The first kappa shape index (κ1) is 18.1. The lowest BCUT2D eigenvalue weighted by atomic mass is 9.86. The Labute approximate surface area is 144 Å². The molecular formula is C16H20ClN3O4. The van der Waals surface area contributed by atoms with E-state index in [1.807, 2.05) is 0 Å². The summed E-state index contributed by atoms with van der Waals surface area (Å²) in [5, 5.41) is 17.4. The molecule has 0 spiro atoms. The van der Waals surface area contributed by atoms with Gasteiger partial charge in [0.05, 0.1) is 16.6 Å². The van der Waals surface area contributed by atoms with E-state index in [9.17, 15) is 14.4 Å². The van der Waals surface area contributed by atoms with Gasteiger partial charge < -0.3 is 21.1 Å². The molecule has 0 saturated heterocycles. The van der Waals surface area contributed by atoms with Gasteiger partial charge in [0.1, 0.15) is 0 Å². The second kappa shape index (κ2) is 8.01. The monoisotopic (exact) mass is 353 g/mol. The molecule has 8 heteroatoms. The molecule has 1 aromatic rings. The van der Waals surface area contributed by atoms with Crippen LogP contribution in [-0.2, 0) is 9.59 Å². The molecule has 0 heterocycles. The molecule has 0 bridgehead atoms. The summed E-state index contributed by atoms with van der Waals surface area (Å²) in [6.07, 6.45) is 2.37. The number of anilines is 2. The second-order valence-electron chi connectivity index (χ2n) is 5.86. The van der Waals surface area contributed by atoms with E-state index >= 15 is 0 Å². The quantitative estimate of drug-likeness (QED) is 0.667. The number of amides is 3. The summed E-state index contributed by atoms with van der Waals surface area (Å²) in [5.74, 6) is -1.32. The molecule has 0 unspecified atom stereocenters. The maximum absolute atomic E-state index is 12.1. The van der Waals surface area contributed by atoms with Crippen LogP contribution < -0.4 is 16.0 Å². The van der Waals surface area contributed by atoms with Crippen molar-refractivity contribution < 1.29 is 19.5 Å². The van der Waals surface area contributed by atoms with Crippen molar-refractivity contribution in [2.45, 2.75) is 38.6 Å². The Hall–Kier alpha value is -2.28. The third-order valence-corrected chi connectivity index (χ3v) is 4.28. The number of rotatable bonds is 4. The zero-order valence-electron chi connectivity index (χ0n) is 13.3. The highest BCUT2D eigenvalue weighted by atomic mass is 35.5. The van der Waals surface area contributed by atoms with Gasteiger partial charge in [-0.25, -0.2) is 4.79 Å². The number of carboxylic acids is 1. The van der Waals surface area contributed by atoms with E-state index in [1.165, 1.54) is 6.92 Å². The summed E-state index contributed by atoms with van der Waals surface area (Å²) in [6, 6.07) is 4.33. The molecule has 0 aliphatic heterocycles. The summed E-state index contributed by atoms with van der Waals surface area (Å²) in [5.41, 5.74) is 0.920. The maximum Gasteiger partial charge on any atom is 0.319 e. The van der Waals surface area contributed by atoms with Crippen LogP contribution in [0, 0.1) is 5.92 Å². The zero-order valence-corrected chi connectivity index (χ0v) is 14.0. The minimum atomic E-state index is -0.778. The number of carbonyl (C=O) groups is 3. The molecule has 0 radical (unpaired) electrons. The van der Waals surface area contributed by atoms with Crippen LogP contribution in [0.25, 0.3) is 0 Å². The van der Waals surface area contributed by atoms with Crippen molar-refractivity contribution in [3.8, 4) is 0 Å². The van der Waals surface area contributed by atoms with Gasteiger partial charge in [0.25, 0.3) is 0 Å². The highest BCUT2D eigenvalue weighted by molar-refractivity contribution is 6.33. The van der Waals surface area contributed by atoms with Crippen LogP contribution >= 0.6 is 11.6 Å². The van der Waals surface area contributed by atoms with E-state index in [2.05, 4.69) is 16.0 Å². The number of carboxylic acid groups (broad SMARTS) is 1. The van der Waals surface area contributed by atoms with Gasteiger partial charge >= 0.3 is 12.0 Å². The van der Waals surface area contributed by atoms with Gasteiger partial charge in [0.15, 0.2) is 0 Å². The number of hydrogen-bond donors (Lipinski definition) is 4. The van der Waals surface area contributed by atoms with Gasteiger partial charge in [-0.2, -0.15) is 0 Å². The predicted octanol–water partition coefficient (Wildman–Crippen LogP) is 3.06. The number of nitrogens with one attached hydrogen (secondary N) is 3. The number of carbonyl (C=O) groups excluding carboxylic acids is 2. The summed E-state index contributed by atoms with van der Waals surface area (Å²) in [7, 11) is 0. The Morgan fingerprint density at radius 3 is 2.38 bits per heavy atom. The molecule has 1 saturated carbocycles. The predicted molar refractivity (Wildman–Crippen MR) is 91.3 cm³/mol. The van der Waals surface area contributed by atoms with Crippen molar-refractivity contribution in [3.05, 3.63) is 23.2 Å². The second-order valence-corrected chi connectivity index (χ2v) is 6.27. The molecule has 130 valence electrons. The van der Waals surface area contributed by atoms with Crippen molar-refractivity contribution in [1.29, 1.82) is 0 Å². The summed E-state index contributed by atoms with van der Waals surface area (Å²) in [6.45, 7) is 1.39. The highest BCUT2D eigenvalue weighted by Gasteiger charge is 2.26. The number of halogens is 1. The fraction of sp³-hybridized carbons (Fsp3) is 0.438. The van der Waals surface area contributed by atoms with Crippen LogP contribution in [0.2, 0.25) is 5.02 Å². The first-order valence-electron chi connectivity index (χ1n) is 7.72. The lowest BCUT2D eigenvalue weighted by molar-refractivity contribution is -0.142. The Balaban J connectivity index is 1.90. The highest BCUT2D eigenvalue weighted by Crippen LogP contribution is 2.27. The summed E-state index contributed by atoms with van der Waals surface area (Å²) < 4.78 is 0. The Kier molecular flexibility index (Phi) is 6.03. The Morgan fingerprint density at radius 2 is 1.79 bits per heavy atom. The van der Waals surface area contributed by atoms with Crippen molar-refractivity contribution in [3.63, 3.8) is 0 Å². The fourth-order valence-corrected chi connectivity index (χ4v) is 2.90. The normalized spacial score (nSPS) is 20.1. The molecule has 0 atom stereocenters. The topological polar surface area (TPSA) is 108 Å². The van der Waals surface area contributed by atoms with Crippen LogP contribution in [-0.4, -0.2) is 29.1 Å². The van der Waals surface area contributed by atoms with E-state index in [-0.39, 0.29) is 17.9 Å². The molecule has 24 heavy (non-hydrogen) atoms. The van der Waals surface area contributed by atoms with Gasteiger partial charge in [-0.1, -0.05) is 11.6 Å². The van der Waals surface area contributed by atoms with Crippen molar-refractivity contribution in [2.75, 3.05) is 10.6 Å². The minimum absolute atomic E-state index is 0.0575. The first-order valence-corrected chi connectivity index (χ1v) is 8.10. The Bertz CT molecular complexity index is 642. The maximum atomic E-state index is 12.1. The fourth-order valence-electron chi connectivity index (χ4n) is 2.73. The van der Waals surface area contributed by atoms with E-state index in [0.29, 0.717) is 42.1 Å². The average Bonchev–Trinajstić information content (AvgIpc) is 2.50. The van der Waals surface area contributed by atoms with Crippen LogP contribution in [0.1, 0.15) is 32.6 Å². The average molecular weight is 354 g/mol. The van der Waals surface area contributed by atoms with Crippen LogP contribution in [0.5, 0.6) is 0 Å². The standard InChI is InChI=1S/C16H20ClN3O4/c1-9(21)18-12-6-7-13(17)14(8-12)20-16(24)19-11-4-2-10(3-5-11)15(22)23/h6-8,10-11H,2-5H2,1H3,(H,18,21)(H,22,23)(H2,19,20,24). The van der Waals surface area contributed by atoms with Crippen molar-refractivity contribution in [1.82, 2.24) is 5.32 Å². The van der Waals surface area contributed by atoms with Gasteiger partial charge in [0.2, 0.25) is 5.91 Å². The first-order chi connectivity index (χ1) is 11.3. The molecule has 1 aliphatic rings. The lowest BCUT2D eigenvalue weighted by Crippen LogP contribution is -2.41. The van der Waals surface area contributed by atoms with E-state index < -0.39 is 12.0 Å². The van der Waals surface area contributed by atoms with Gasteiger partial charge in [0, 0.05) is 18.7 Å². The molecular weight excluding hydrogens is 334 g/mol. The summed E-state index contributed by atoms with van der Waals surface area (Å²) in [4.78, 5) is 34.1. The lowest BCUT2D eigenvalue weighted by Gasteiger charge is -2.26. The largest absolute Gasteiger partial charge is 0.481 e. The number of benzene rings is 1. The van der Waals surface area contributed by atoms with Crippen LogP contribution in [0.3, 0.4) is 0 Å². The van der Waals surface area contributed by atoms with E-state index in [0.717, 1.165) is 0 Å². The molecule has 0 aromatic heterocycles. The van der Waals surface area contributed by atoms with Gasteiger partial charge in [-0.05, 0) is 43.9 Å². The Morgan fingerprint density at radius 1 is 1.12 bits per heavy atom. The zero-order chi connectivity index (χ0) is 17.7.